The molecule has 1 amide bonds. The van der Waals surface area contributed by atoms with Crippen LogP contribution < -0.4 is 4.90 Å². The summed E-state index contributed by atoms with van der Waals surface area (Å²) in [4.78, 5) is 29.4. The Kier molecular flexibility index (Phi) is 4.92. The Morgan fingerprint density at radius 3 is 2.73 bits per heavy atom. The Morgan fingerprint density at radius 1 is 1.45 bits per heavy atom. The molecule has 0 N–H and O–H groups in total. The number of aromatic nitrogens is 3. The molecule has 0 bridgehead atoms. The average Bonchev–Trinajstić information content (AvgIpc) is 3.05. The Morgan fingerprint density at radius 2 is 2.18 bits per heavy atom. The lowest BCUT2D eigenvalue weighted by Gasteiger charge is -2.14. The molecule has 0 atom stereocenters. The van der Waals surface area contributed by atoms with E-state index in [0.29, 0.717) is 22.9 Å². The summed E-state index contributed by atoms with van der Waals surface area (Å²) >= 11 is 1.35. The molecule has 0 saturated heterocycles. The Bertz CT molecular complexity index is 692. The molecule has 2 rings (SSSR count). The molecular formula is C14H18N4O3S. The molecule has 2 aromatic heterocycles. The van der Waals surface area contributed by atoms with Crippen molar-refractivity contribution in [2.24, 2.45) is 7.05 Å². The first-order chi connectivity index (χ1) is 10.4. The third-order valence-electron chi connectivity index (χ3n) is 3.27. The van der Waals surface area contributed by atoms with Crippen molar-refractivity contribution in [1.29, 1.82) is 0 Å². The standard InChI is InChI=1S/C14H18N4O3S/c1-5-18(10(3)19)14-16-11(8-22-14)7-21-13(20)12-6-15-17(4)9(12)2/h6,8H,5,7H2,1-4H3. The lowest BCUT2D eigenvalue weighted by atomic mass is 10.3. The number of rotatable bonds is 5. The number of thiazole rings is 1. The lowest BCUT2D eigenvalue weighted by Crippen LogP contribution is -2.27. The summed E-state index contributed by atoms with van der Waals surface area (Å²) < 4.78 is 6.86. The number of ether oxygens (including phenoxy) is 1. The molecule has 0 aliphatic heterocycles. The highest BCUT2D eigenvalue weighted by molar-refractivity contribution is 7.14. The number of carbonyl (C=O) groups is 2. The van der Waals surface area contributed by atoms with Crippen LogP contribution in [-0.2, 0) is 23.2 Å². The van der Waals surface area contributed by atoms with Gasteiger partial charge in [-0.1, -0.05) is 0 Å². The lowest BCUT2D eigenvalue weighted by molar-refractivity contribution is -0.116. The largest absolute Gasteiger partial charge is 0.455 e. The van der Waals surface area contributed by atoms with E-state index in [0.717, 1.165) is 5.69 Å². The summed E-state index contributed by atoms with van der Waals surface area (Å²) in [6.07, 6.45) is 1.48. The number of aryl methyl sites for hydroxylation is 1. The van der Waals surface area contributed by atoms with E-state index in [1.807, 2.05) is 6.92 Å². The van der Waals surface area contributed by atoms with Crippen LogP contribution in [0.25, 0.3) is 0 Å². The van der Waals surface area contributed by atoms with Gasteiger partial charge >= 0.3 is 5.97 Å². The van der Waals surface area contributed by atoms with Gasteiger partial charge in [0.25, 0.3) is 0 Å². The number of nitrogens with zero attached hydrogens (tertiary/aromatic N) is 4. The number of esters is 1. The molecule has 8 heteroatoms. The van der Waals surface area contributed by atoms with Crippen LogP contribution in [0, 0.1) is 6.92 Å². The highest BCUT2D eigenvalue weighted by Crippen LogP contribution is 2.21. The molecule has 0 fully saturated rings. The zero-order valence-corrected chi connectivity index (χ0v) is 13.8. The van der Waals surface area contributed by atoms with Crippen molar-refractivity contribution >= 4 is 28.3 Å². The maximum atomic E-state index is 12.0. The Balaban J connectivity index is 2.01. The molecule has 0 unspecified atom stereocenters. The van der Waals surface area contributed by atoms with E-state index in [1.165, 1.54) is 24.5 Å². The van der Waals surface area contributed by atoms with Gasteiger partial charge in [0.1, 0.15) is 12.2 Å². The second kappa shape index (κ2) is 6.69. The third kappa shape index (κ3) is 3.33. The van der Waals surface area contributed by atoms with Crippen molar-refractivity contribution in [3.8, 4) is 0 Å². The summed E-state index contributed by atoms with van der Waals surface area (Å²) in [7, 11) is 1.76. The Hall–Kier alpha value is -2.22. The van der Waals surface area contributed by atoms with Crippen molar-refractivity contribution in [1.82, 2.24) is 14.8 Å². The SMILES string of the molecule is CCN(C(C)=O)c1nc(COC(=O)c2cnn(C)c2C)cs1. The van der Waals surface area contributed by atoms with Crippen LogP contribution in [0.1, 0.15) is 35.6 Å². The predicted molar refractivity (Wildman–Crippen MR) is 82.9 cm³/mol. The number of hydrogen-bond donors (Lipinski definition) is 0. The van der Waals surface area contributed by atoms with Gasteiger partial charge in [-0.05, 0) is 13.8 Å². The Labute approximate surface area is 132 Å². The van der Waals surface area contributed by atoms with E-state index in [9.17, 15) is 9.59 Å². The van der Waals surface area contributed by atoms with Crippen molar-refractivity contribution in [3.05, 3.63) is 28.5 Å². The van der Waals surface area contributed by atoms with Crippen LogP contribution in [0.2, 0.25) is 0 Å². The first kappa shape index (κ1) is 16.2. The van der Waals surface area contributed by atoms with E-state index in [1.54, 1.807) is 28.9 Å². The fourth-order valence-corrected chi connectivity index (χ4v) is 2.81. The average molecular weight is 322 g/mol. The van der Waals surface area contributed by atoms with Crippen LogP contribution in [0.5, 0.6) is 0 Å². The van der Waals surface area contributed by atoms with Crippen molar-refractivity contribution in [3.63, 3.8) is 0 Å². The second-order valence-electron chi connectivity index (χ2n) is 4.73. The van der Waals surface area contributed by atoms with Crippen LogP contribution in [0.3, 0.4) is 0 Å². The van der Waals surface area contributed by atoms with Crippen LogP contribution >= 0.6 is 11.3 Å². The fraction of sp³-hybridized carbons (Fsp3) is 0.429. The normalized spacial score (nSPS) is 10.5. The minimum absolute atomic E-state index is 0.0635. The molecule has 0 aliphatic carbocycles. The van der Waals surface area contributed by atoms with Gasteiger partial charge in [-0.3, -0.25) is 14.4 Å². The maximum Gasteiger partial charge on any atom is 0.342 e. The van der Waals surface area contributed by atoms with Gasteiger partial charge in [-0.15, -0.1) is 11.3 Å². The monoisotopic (exact) mass is 322 g/mol. The smallest absolute Gasteiger partial charge is 0.342 e. The first-order valence-corrected chi connectivity index (χ1v) is 7.70. The molecule has 0 aliphatic rings. The number of anilines is 1. The van der Waals surface area contributed by atoms with Gasteiger partial charge in [0.2, 0.25) is 5.91 Å². The van der Waals surface area contributed by atoms with E-state index < -0.39 is 5.97 Å². The molecule has 0 saturated carbocycles. The minimum Gasteiger partial charge on any atom is -0.455 e. The molecular weight excluding hydrogens is 304 g/mol. The summed E-state index contributed by atoms with van der Waals surface area (Å²) in [6, 6.07) is 0. The number of hydrogen-bond acceptors (Lipinski definition) is 6. The molecule has 118 valence electrons. The van der Waals surface area contributed by atoms with E-state index >= 15 is 0 Å². The molecule has 22 heavy (non-hydrogen) atoms. The van der Waals surface area contributed by atoms with Gasteiger partial charge in [0, 0.05) is 31.6 Å². The summed E-state index contributed by atoms with van der Waals surface area (Å²) in [5, 5.41) is 6.40. The fourth-order valence-electron chi connectivity index (χ4n) is 1.90. The van der Waals surface area contributed by atoms with Crippen LogP contribution in [0.15, 0.2) is 11.6 Å². The summed E-state index contributed by atoms with van der Waals surface area (Å²) in [5.74, 6) is -0.495. The topological polar surface area (TPSA) is 77.3 Å². The second-order valence-corrected chi connectivity index (χ2v) is 5.56. The van der Waals surface area contributed by atoms with Gasteiger partial charge in [-0.25, -0.2) is 9.78 Å². The van der Waals surface area contributed by atoms with E-state index in [4.69, 9.17) is 4.74 Å². The van der Waals surface area contributed by atoms with Gasteiger partial charge in [0.05, 0.1) is 11.9 Å². The molecule has 7 nitrogen and oxygen atoms in total. The quantitative estimate of drug-likeness (QED) is 0.786. The van der Waals surface area contributed by atoms with E-state index in [-0.39, 0.29) is 12.5 Å². The van der Waals surface area contributed by atoms with Crippen LogP contribution in [-0.4, -0.2) is 33.2 Å². The van der Waals surface area contributed by atoms with Gasteiger partial charge < -0.3 is 4.74 Å². The maximum absolute atomic E-state index is 12.0. The van der Waals surface area contributed by atoms with Crippen molar-refractivity contribution in [2.45, 2.75) is 27.4 Å². The molecule has 0 spiro atoms. The molecule has 0 radical (unpaired) electrons. The highest BCUT2D eigenvalue weighted by atomic mass is 32.1. The number of amides is 1. The molecule has 0 aromatic carbocycles. The van der Waals surface area contributed by atoms with Crippen molar-refractivity contribution < 1.29 is 14.3 Å². The zero-order valence-electron chi connectivity index (χ0n) is 13.0. The summed E-state index contributed by atoms with van der Waals surface area (Å²) in [6.45, 7) is 5.80. The number of carbonyl (C=O) groups excluding carboxylic acids is 2. The van der Waals surface area contributed by atoms with E-state index in [2.05, 4.69) is 10.1 Å². The zero-order chi connectivity index (χ0) is 16.3. The minimum atomic E-state index is -0.431. The van der Waals surface area contributed by atoms with Crippen molar-refractivity contribution in [2.75, 3.05) is 11.4 Å². The van der Waals surface area contributed by atoms with Gasteiger partial charge in [0.15, 0.2) is 5.13 Å². The van der Waals surface area contributed by atoms with Crippen LogP contribution in [0.4, 0.5) is 5.13 Å². The first-order valence-electron chi connectivity index (χ1n) is 6.82. The molecule has 2 heterocycles. The van der Waals surface area contributed by atoms with Gasteiger partial charge in [-0.2, -0.15) is 5.10 Å². The third-order valence-corrected chi connectivity index (χ3v) is 4.19. The molecule has 2 aromatic rings. The predicted octanol–water partition coefficient (Wildman–Crippen LogP) is 1.91. The highest BCUT2D eigenvalue weighted by Gasteiger charge is 2.17. The summed E-state index contributed by atoms with van der Waals surface area (Å²) in [5.41, 5.74) is 1.81.